The monoisotopic (exact) mass is 243 g/mol. The van der Waals surface area contributed by atoms with Crippen LogP contribution in [0.4, 0.5) is 0 Å². The molecule has 1 aliphatic rings. The molecule has 1 aromatic heterocycles. The van der Waals surface area contributed by atoms with E-state index in [0.717, 1.165) is 19.5 Å². The Morgan fingerprint density at radius 2 is 2.12 bits per heavy atom. The number of sulfonamides is 1. The highest BCUT2D eigenvalue weighted by Gasteiger charge is 2.25. The normalized spacial score (nSPS) is 19.6. The molecule has 2 rings (SSSR count). The van der Waals surface area contributed by atoms with Gasteiger partial charge in [-0.2, -0.15) is 4.31 Å². The van der Waals surface area contributed by atoms with Gasteiger partial charge in [-0.25, -0.2) is 8.42 Å². The van der Waals surface area contributed by atoms with Crippen molar-refractivity contribution in [1.29, 1.82) is 0 Å². The van der Waals surface area contributed by atoms with Gasteiger partial charge < -0.3 is 9.88 Å². The van der Waals surface area contributed by atoms with Crippen molar-refractivity contribution < 1.29 is 8.42 Å². The summed E-state index contributed by atoms with van der Waals surface area (Å²) >= 11 is 0. The lowest BCUT2D eigenvalue weighted by Crippen LogP contribution is -2.34. The predicted octanol–water partition coefficient (Wildman–Crippen LogP) is 0.00910. The maximum atomic E-state index is 12.2. The van der Waals surface area contributed by atoms with Gasteiger partial charge in [0.2, 0.25) is 10.0 Å². The number of aromatic nitrogens is 1. The second-order valence-electron chi connectivity index (χ2n) is 4.02. The molecular weight excluding hydrogens is 226 g/mol. The largest absolute Gasteiger partial charge is 0.356 e. The van der Waals surface area contributed by atoms with E-state index in [1.54, 1.807) is 27.3 Å². The van der Waals surface area contributed by atoms with Crippen LogP contribution in [0.2, 0.25) is 0 Å². The third kappa shape index (κ3) is 2.28. The first-order valence-corrected chi connectivity index (χ1v) is 6.87. The van der Waals surface area contributed by atoms with Crippen LogP contribution in [0.5, 0.6) is 0 Å². The van der Waals surface area contributed by atoms with Crippen molar-refractivity contribution in [1.82, 2.24) is 14.2 Å². The van der Waals surface area contributed by atoms with E-state index < -0.39 is 10.0 Å². The molecular formula is C10H17N3O2S. The van der Waals surface area contributed by atoms with E-state index in [9.17, 15) is 8.42 Å². The van der Waals surface area contributed by atoms with Crippen LogP contribution in [-0.2, 0) is 17.1 Å². The highest BCUT2D eigenvalue weighted by Crippen LogP contribution is 2.16. The van der Waals surface area contributed by atoms with E-state index in [1.807, 2.05) is 7.05 Å². The molecule has 16 heavy (non-hydrogen) atoms. The zero-order valence-corrected chi connectivity index (χ0v) is 10.2. The molecule has 5 nitrogen and oxygen atoms in total. The molecule has 0 bridgehead atoms. The zero-order valence-electron chi connectivity index (χ0n) is 9.39. The Kier molecular flexibility index (Phi) is 3.32. The maximum Gasteiger partial charge on any atom is 0.244 e. The van der Waals surface area contributed by atoms with Gasteiger partial charge in [-0.05, 0) is 19.0 Å². The quantitative estimate of drug-likeness (QED) is 0.796. The standard InChI is InChI=1S/C10H17N3O2S/c1-12-7-3-10(9-12)16(14,15)13-6-2-4-11-5-8-13/h3,7,9,11H,2,4-6,8H2,1H3. The van der Waals surface area contributed by atoms with Crippen LogP contribution in [0.3, 0.4) is 0 Å². The van der Waals surface area contributed by atoms with E-state index in [2.05, 4.69) is 5.32 Å². The molecule has 2 heterocycles. The van der Waals surface area contributed by atoms with Gasteiger partial charge in [0.1, 0.15) is 0 Å². The summed E-state index contributed by atoms with van der Waals surface area (Å²) in [6, 6.07) is 1.65. The van der Waals surface area contributed by atoms with E-state index >= 15 is 0 Å². The van der Waals surface area contributed by atoms with Crippen LogP contribution in [0.15, 0.2) is 23.4 Å². The van der Waals surface area contributed by atoms with Crippen molar-refractivity contribution in [2.45, 2.75) is 11.3 Å². The van der Waals surface area contributed by atoms with Gasteiger partial charge in [0.05, 0.1) is 4.90 Å². The number of aryl methyl sites for hydroxylation is 1. The van der Waals surface area contributed by atoms with Crippen LogP contribution in [0, 0.1) is 0 Å². The van der Waals surface area contributed by atoms with Gasteiger partial charge in [-0.15, -0.1) is 0 Å². The third-order valence-corrected chi connectivity index (χ3v) is 4.62. The van der Waals surface area contributed by atoms with E-state index in [1.165, 1.54) is 0 Å². The van der Waals surface area contributed by atoms with Crippen LogP contribution in [-0.4, -0.2) is 43.5 Å². The Balaban J connectivity index is 2.23. The average molecular weight is 243 g/mol. The summed E-state index contributed by atoms with van der Waals surface area (Å²) in [7, 11) is -1.47. The molecule has 0 spiro atoms. The minimum Gasteiger partial charge on any atom is -0.356 e. The van der Waals surface area contributed by atoms with Crippen molar-refractivity contribution in [2.75, 3.05) is 26.2 Å². The molecule has 0 aliphatic carbocycles. The SMILES string of the molecule is Cn1ccc(S(=O)(=O)N2CCCNCC2)c1. The van der Waals surface area contributed by atoms with Gasteiger partial charge in [-0.3, -0.25) is 0 Å². The lowest BCUT2D eigenvalue weighted by atomic mass is 10.4. The number of nitrogens with one attached hydrogen (secondary N) is 1. The van der Waals surface area contributed by atoms with Gasteiger partial charge in [0, 0.05) is 39.1 Å². The highest BCUT2D eigenvalue weighted by atomic mass is 32.2. The van der Waals surface area contributed by atoms with Crippen LogP contribution in [0.25, 0.3) is 0 Å². The molecule has 90 valence electrons. The van der Waals surface area contributed by atoms with Crippen molar-refractivity contribution >= 4 is 10.0 Å². The summed E-state index contributed by atoms with van der Waals surface area (Å²) in [4.78, 5) is 0.386. The molecule has 0 amide bonds. The van der Waals surface area contributed by atoms with Gasteiger partial charge in [0.25, 0.3) is 0 Å². The minimum absolute atomic E-state index is 0.386. The Morgan fingerprint density at radius 1 is 1.31 bits per heavy atom. The second kappa shape index (κ2) is 4.57. The molecule has 0 aromatic carbocycles. The molecule has 6 heteroatoms. The summed E-state index contributed by atoms with van der Waals surface area (Å²) in [5.41, 5.74) is 0. The van der Waals surface area contributed by atoms with Crippen molar-refractivity contribution in [2.24, 2.45) is 7.05 Å². The van der Waals surface area contributed by atoms with Gasteiger partial charge >= 0.3 is 0 Å². The van der Waals surface area contributed by atoms with Crippen LogP contribution >= 0.6 is 0 Å². The van der Waals surface area contributed by atoms with Crippen LogP contribution < -0.4 is 5.32 Å². The fourth-order valence-electron chi connectivity index (χ4n) is 1.84. The van der Waals surface area contributed by atoms with E-state index in [0.29, 0.717) is 18.0 Å². The predicted molar refractivity (Wildman–Crippen MR) is 61.7 cm³/mol. The number of hydrogen-bond donors (Lipinski definition) is 1. The Hall–Kier alpha value is -0.850. The topological polar surface area (TPSA) is 54.3 Å². The molecule has 1 saturated heterocycles. The van der Waals surface area contributed by atoms with E-state index in [-0.39, 0.29) is 0 Å². The summed E-state index contributed by atoms with van der Waals surface area (Å²) in [5, 5.41) is 3.19. The Bertz CT molecular complexity index is 444. The molecule has 1 fully saturated rings. The molecule has 0 saturated carbocycles. The number of hydrogen-bond acceptors (Lipinski definition) is 3. The fraction of sp³-hybridized carbons (Fsp3) is 0.600. The molecule has 0 radical (unpaired) electrons. The summed E-state index contributed by atoms with van der Waals surface area (Å²) in [5.74, 6) is 0. The highest BCUT2D eigenvalue weighted by molar-refractivity contribution is 7.89. The number of nitrogens with zero attached hydrogens (tertiary/aromatic N) is 2. The molecule has 0 atom stereocenters. The fourth-order valence-corrected chi connectivity index (χ4v) is 3.37. The summed E-state index contributed by atoms with van der Waals surface area (Å²) in [6.07, 6.45) is 4.27. The molecule has 1 aliphatic heterocycles. The maximum absolute atomic E-state index is 12.2. The lowest BCUT2D eigenvalue weighted by Gasteiger charge is -2.18. The van der Waals surface area contributed by atoms with Gasteiger partial charge in [-0.1, -0.05) is 0 Å². The van der Waals surface area contributed by atoms with Crippen LogP contribution in [0.1, 0.15) is 6.42 Å². The molecule has 1 N–H and O–H groups in total. The zero-order chi connectivity index (χ0) is 11.6. The van der Waals surface area contributed by atoms with Crippen molar-refractivity contribution in [3.05, 3.63) is 18.5 Å². The Morgan fingerprint density at radius 3 is 2.81 bits per heavy atom. The Labute approximate surface area is 96.1 Å². The number of rotatable bonds is 2. The third-order valence-electron chi connectivity index (χ3n) is 2.74. The van der Waals surface area contributed by atoms with Gasteiger partial charge in [0.15, 0.2) is 0 Å². The lowest BCUT2D eigenvalue weighted by molar-refractivity contribution is 0.432. The molecule has 1 aromatic rings. The molecule has 0 unspecified atom stereocenters. The van der Waals surface area contributed by atoms with E-state index in [4.69, 9.17) is 0 Å². The first-order chi connectivity index (χ1) is 7.60. The van der Waals surface area contributed by atoms with Crippen molar-refractivity contribution in [3.63, 3.8) is 0 Å². The summed E-state index contributed by atoms with van der Waals surface area (Å²) in [6.45, 7) is 2.77. The average Bonchev–Trinajstić information content (AvgIpc) is 2.54. The smallest absolute Gasteiger partial charge is 0.244 e. The first-order valence-electron chi connectivity index (χ1n) is 5.43. The summed E-state index contributed by atoms with van der Waals surface area (Å²) < 4.78 is 27.8. The minimum atomic E-state index is -3.29. The second-order valence-corrected chi connectivity index (χ2v) is 5.96. The first kappa shape index (κ1) is 11.6. The van der Waals surface area contributed by atoms with Crippen molar-refractivity contribution in [3.8, 4) is 0 Å².